The number of methoxy groups -OCH3 is 1. The molecule has 0 radical (unpaired) electrons. The van der Waals surface area contributed by atoms with Gasteiger partial charge in [0, 0.05) is 0 Å². The Bertz CT molecular complexity index is 442. The van der Waals surface area contributed by atoms with Crippen LogP contribution in [0.4, 0.5) is 0 Å². The largest absolute Gasteiger partial charge is 0.496 e. The molecule has 14 heavy (non-hydrogen) atoms. The molecule has 4 nitrogen and oxygen atoms in total. The third-order valence-electron chi connectivity index (χ3n) is 1.74. The Hall–Kier alpha value is -1.36. The van der Waals surface area contributed by atoms with Crippen LogP contribution in [0.5, 0.6) is 5.75 Å². The Labute approximate surface area is 89.0 Å². The number of ether oxygens (including phenoxy) is 1. The second-order valence-corrected chi connectivity index (χ2v) is 3.28. The zero-order valence-electron chi connectivity index (χ0n) is 7.40. The highest BCUT2D eigenvalue weighted by Gasteiger charge is 2.11. The summed E-state index contributed by atoms with van der Waals surface area (Å²) in [5.41, 5.74) is 0.785. The van der Waals surface area contributed by atoms with Crippen molar-refractivity contribution >= 4 is 15.9 Å². The van der Waals surface area contributed by atoms with Crippen LogP contribution in [0, 0.1) is 0 Å². The summed E-state index contributed by atoms with van der Waals surface area (Å²) in [4.78, 5) is 4.05. The molecule has 0 saturated heterocycles. The molecule has 72 valence electrons. The Balaban J connectivity index is 2.50. The lowest BCUT2D eigenvalue weighted by Crippen LogP contribution is -1.86. The molecule has 0 atom stereocenters. The van der Waals surface area contributed by atoms with Gasteiger partial charge in [-0.2, -0.15) is 4.98 Å². The monoisotopic (exact) mass is 254 g/mol. The minimum absolute atomic E-state index is 0.429. The molecule has 0 fully saturated rings. The summed E-state index contributed by atoms with van der Waals surface area (Å²) in [6.07, 6.45) is 0. The van der Waals surface area contributed by atoms with Gasteiger partial charge in [0.25, 0.3) is 5.89 Å². The van der Waals surface area contributed by atoms with E-state index in [0.717, 1.165) is 5.56 Å². The molecule has 2 aromatic rings. The fourth-order valence-corrected chi connectivity index (χ4v) is 1.37. The highest BCUT2D eigenvalue weighted by atomic mass is 79.9. The number of para-hydroxylation sites is 1. The second-order valence-electron chi connectivity index (χ2n) is 2.57. The Morgan fingerprint density at radius 1 is 1.36 bits per heavy atom. The summed E-state index contributed by atoms with van der Waals surface area (Å²) in [6, 6.07) is 7.47. The van der Waals surface area contributed by atoms with Crippen molar-refractivity contribution in [1.82, 2.24) is 10.1 Å². The van der Waals surface area contributed by atoms with Gasteiger partial charge in [-0.05, 0) is 33.2 Å². The standard InChI is InChI=1S/C9H7BrN2O2/c1-13-7-5-3-2-4-6(7)8-11-9(10)12-14-8/h2-5H,1H3. The minimum Gasteiger partial charge on any atom is -0.496 e. The summed E-state index contributed by atoms with van der Waals surface area (Å²) >= 11 is 3.12. The van der Waals surface area contributed by atoms with Crippen LogP contribution in [0.25, 0.3) is 11.5 Å². The first-order valence-electron chi connectivity index (χ1n) is 3.94. The van der Waals surface area contributed by atoms with Crippen LogP contribution in [-0.4, -0.2) is 17.3 Å². The first-order chi connectivity index (χ1) is 6.81. The van der Waals surface area contributed by atoms with E-state index in [9.17, 15) is 0 Å². The van der Waals surface area contributed by atoms with E-state index in [0.29, 0.717) is 16.4 Å². The average molecular weight is 255 g/mol. The van der Waals surface area contributed by atoms with E-state index in [4.69, 9.17) is 9.26 Å². The van der Waals surface area contributed by atoms with Gasteiger partial charge in [0.2, 0.25) is 4.73 Å². The molecule has 1 heterocycles. The van der Waals surface area contributed by atoms with Crippen LogP contribution in [-0.2, 0) is 0 Å². The third-order valence-corrected chi connectivity index (χ3v) is 2.06. The molecule has 0 aliphatic carbocycles. The van der Waals surface area contributed by atoms with Gasteiger partial charge in [-0.15, -0.1) is 0 Å². The molecular weight excluding hydrogens is 248 g/mol. The Morgan fingerprint density at radius 3 is 2.79 bits per heavy atom. The zero-order valence-corrected chi connectivity index (χ0v) is 8.98. The first-order valence-corrected chi connectivity index (χ1v) is 4.73. The lowest BCUT2D eigenvalue weighted by Gasteiger charge is -2.02. The van der Waals surface area contributed by atoms with Crippen LogP contribution in [0.1, 0.15) is 0 Å². The van der Waals surface area contributed by atoms with Crippen molar-refractivity contribution in [2.45, 2.75) is 0 Å². The van der Waals surface area contributed by atoms with Crippen molar-refractivity contribution in [1.29, 1.82) is 0 Å². The number of halogens is 1. The van der Waals surface area contributed by atoms with Crippen molar-refractivity contribution in [2.75, 3.05) is 7.11 Å². The Morgan fingerprint density at radius 2 is 2.14 bits per heavy atom. The SMILES string of the molecule is COc1ccccc1-c1nc(Br)no1. The van der Waals surface area contributed by atoms with Gasteiger partial charge >= 0.3 is 0 Å². The molecule has 1 aromatic carbocycles. The van der Waals surface area contributed by atoms with Gasteiger partial charge < -0.3 is 9.26 Å². The lowest BCUT2D eigenvalue weighted by molar-refractivity contribution is 0.404. The number of nitrogens with zero attached hydrogens (tertiary/aromatic N) is 2. The van der Waals surface area contributed by atoms with E-state index in [1.54, 1.807) is 7.11 Å². The van der Waals surface area contributed by atoms with Crippen LogP contribution in [0.3, 0.4) is 0 Å². The molecule has 0 saturated carbocycles. The van der Waals surface area contributed by atoms with Crippen molar-refractivity contribution in [2.24, 2.45) is 0 Å². The van der Waals surface area contributed by atoms with E-state index < -0.39 is 0 Å². The molecule has 0 aliphatic heterocycles. The van der Waals surface area contributed by atoms with Crippen molar-refractivity contribution in [3.8, 4) is 17.2 Å². The van der Waals surface area contributed by atoms with Gasteiger partial charge in [0.1, 0.15) is 5.75 Å². The molecular formula is C9H7BrN2O2. The minimum atomic E-state index is 0.429. The summed E-state index contributed by atoms with van der Waals surface area (Å²) in [5, 5.41) is 3.64. The van der Waals surface area contributed by atoms with E-state index >= 15 is 0 Å². The fourth-order valence-electron chi connectivity index (χ4n) is 1.14. The van der Waals surface area contributed by atoms with Gasteiger partial charge in [0.05, 0.1) is 12.7 Å². The highest BCUT2D eigenvalue weighted by Crippen LogP contribution is 2.28. The van der Waals surface area contributed by atoms with Crippen LogP contribution >= 0.6 is 15.9 Å². The number of rotatable bonds is 2. The molecule has 0 spiro atoms. The van der Waals surface area contributed by atoms with E-state index in [1.807, 2.05) is 24.3 Å². The van der Waals surface area contributed by atoms with Crippen molar-refractivity contribution < 1.29 is 9.26 Å². The van der Waals surface area contributed by atoms with Crippen molar-refractivity contribution in [3.63, 3.8) is 0 Å². The molecule has 0 N–H and O–H groups in total. The molecule has 0 bridgehead atoms. The number of benzene rings is 1. The summed E-state index contributed by atoms with van der Waals surface area (Å²) in [6.45, 7) is 0. The van der Waals surface area contributed by atoms with E-state index in [2.05, 4.69) is 26.1 Å². The maximum atomic E-state index is 5.17. The molecule has 1 aromatic heterocycles. The van der Waals surface area contributed by atoms with Crippen LogP contribution in [0.15, 0.2) is 33.5 Å². The van der Waals surface area contributed by atoms with Crippen molar-refractivity contribution in [3.05, 3.63) is 29.0 Å². The maximum absolute atomic E-state index is 5.17. The number of hydrogen-bond acceptors (Lipinski definition) is 4. The fraction of sp³-hybridized carbons (Fsp3) is 0.111. The third kappa shape index (κ3) is 1.63. The zero-order chi connectivity index (χ0) is 9.97. The summed E-state index contributed by atoms with van der Waals surface area (Å²) in [5.74, 6) is 1.15. The van der Waals surface area contributed by atoms with Gasteiger partial charge in [-0.1, -0.05) is 12.1 Å². The van der Waals surface area contributed by atoms with E-state index in [1.165, 1.54) is 0 Å². The smallest absolute Gasteiger partial charge is 0.262 e. The molecule has 2 rings (SSSR count). The summed E-state index contributed by atoms with van der Waals surface area (Å²) < 4.78 is 10.6. The second kappa shape index (κ2) is 3.79. The van der Waals surface area contributed by atoms with Gasteiger partial charge in [-0.25, -0.2) is 0 Å². The number of hydrogen-bond donors (Lipinski definition) is 0. The first kappa shape index (κ1) is 9.21. The highest BCUT2D eigenvalue weighted by molar-refractivity contribution is 9.10. The Kier molecular flexibility index (Phi) is 2.49. The quantitative estimate of drug-likeness (QED) is 0.827. The van der Waals surface area contributed by atoms with Gasteiger partial charge in [0.15, 0.2) is 0 Å². The van der Waals surface area contributed by atoms with E-state index in [-0.39, 0.29) is 0 Å². The topological polar surface area (TPSA) is 48.2 Å². The average Bonchev–Trinajstić information content (AvgIpc) is 2.65. The number of aromatic nitrogens is 2. The normalized spacial score (nSPS) is 10.1. The molecule has 0 aliphatic rings. The molecule has 5 heteroatoms. The predicted molar refractivity (Wildman–Crippen MR) is 54.0 cm³/mol. The maximum Gasteiger partial charge on any atom is 0.262 e. The van der Waals surface area contributed by atoms with Crippen LogP contribution in [0.2, 0.25) is 0 Å². The molecule has 0 unspecified atom stereocenters. The lowest BCUT2D eigenvalue weighted by atomic mass is 10.2. The summed E-state index contributed by atoms with van der Waals surface area (Å²) in [7, 11) is 1.60. The molecule has 0 amide bonds. The van der Waals surface area contributed by atoms with Crippen LogP contribution < -0.4 is 4.74 Å². The predicted octanol–water partition coefficient (Wildman–Crippen LogP) is 2.51. The van der Waals surface area contributed by atoms with Gasteiger partial charge in [-0.3, -0.25) is 0 Å².